The molecule has 1 amide bonds. The highest BCUT2D eigenvalue weighted by Crippen LogP contribution is 2.17. The van der Waals surface area contributed by atoms with Crippen LogP contribution in [0.25, 0.3) is 0 Å². The van der Waals surface area contributed by atoms with Crippen LogP contribution >= 0.6 is 0 Å². The molecule has 1 aliphatic heterocycles. The number of hydrogen-bond donors (Lipinski definition) is 2. The summed E-state index contributed by atoms with van der Waals surface area (Å²) in [6, 6.07) is 10.9. The molecule has 0 aromatic heterocycles. The predicted molar refractivity (Wildman–Crippen MR) is 108 cm³/mol. The lowest BCUT2D eigenvalue weighted by Gasteiger charge is -2.27. The van der Waals surface area contributed by atoms with E-state index >= 15 is 0 Å². The number of rotatable bonds is 10. The van der Waals surface area contributed by atoms with Gasteiger partial charge in [0.05, 0.1) is 0 Å². The number of benzene rings is 1. The van der Waals surface area contributed by atoms with E-state index in [0.717, 1.165) is 70.7 Å². The lowest BCUT2D eigenvalue weighted by molar-refractivity contribution is -0.129. The molecular weight excluding hydrogens is 324 g/mol. The largest absolute Gasteiger partial charge is 0.357 e. The van der Waals surface area contributed by atoms with Crippen LogP contribution in [0.5, 0.6) is 0 Å². The van der Waals surface area contributed by atoms with E-state index in [1.165, 1.54) is 5.56 Å². The second-order valence-corrected chi connectivity index (χ2v) is 6.82. The lowest BCUT2D eigenvalue weighted by atomic mass is 10.1. The van der Waals surface area contributed by atoms with Gasteiger partial charge in [-0.2, -0.15) is 0 Å². The van der Waals surface area contributed by atoms with Crippen LogP contribution in [0.15, 0.2) is 35.3 Å². The Morgan fingerprint density at radius 2 is 2.04 bits per heavy atom. The van der Waals surface area contributed by atoms with E-state index in [9.17, 15) is 4.79 Å². The molecule has 26 heavy (non-hydrogen) atoms. The number of nitrogens with zero attached hydrogens (tertiary/aromatic N) is 2. The summed E-state index contributed by atoms with van der Waals surface area (Å²) in [7, 11) is 0. The monoisotopic (exact) mass is 358 g/mol. The maximum absolute atomic E-state index is 11.9. The van der Waals surface area contributed by atoms with Gasteiger partial charge in [0.25, 0.3) is 0 Å². The summed E-state index contributed by atoms with van der Waals surface area (Å²) in [4.78, 5) is 18.7. The molecule has 1 aromatic carbocycles. The minimum absolute atomic E-state index is 0.318. The Kier molecular flexibility index (Phi) is 9.01. The van der Waals surface area contributed by atoms with Gasteiger partial charge in [0.2, 0.25) is 5.91 Å². The summed E-state index contributed by atoms with van der Waals surface area (Å²) < 4.78 is 0. The van der Waals surface area contributed by atoms with Gasteiger partial charge in [-0.05, 0) is 44.6 Å². The number of aliphatic imine (C=N–C) groups is 1. The van der Waals surface area contributed by atoms with Crippen LogP contribution in [-0.2, 0) is 11.2 Å². The van der Waals surface area contributed by atoms with Crippen LogP contribution in [0.2, 0.25) is 0 Å². The Hall–Kier alpha value is -2.04. The van der Waals surface area contributed by atoms with Crippen molar-refractivity contribution in [1.29, 1.82) is 0 Å². The van der Waals surface area contributed by atoms with Crippen LogP contribution in [-0.4, -0.2) is 49.0 Å². The molecule has 1 atom stereocenters. The zero-order valence-electron chi connectivity index (χ0n) is 16.3. The highest BCUT2D eigenvalue weighted by Gasteiger charge is 2.26. The van der Waals surface area contributed by atoms with Gasteiger partial charge in [-0.15, -0.1) is 0 Å². The van der Waals surface area contributed by atoms with E-state index < -0.39 is 0 Å². The van der Waals surface area contributed by atoms with E-state index in [4.69, 9.17) is 0 Å². The number of aryl methyl sites for hydroxylation is 1. The number of likely N-dealkylation sites (tertiary alicyclic amines) is 1. The van der Waals surface area contributed by atoms with Crippen LogP contribution in [0.1, 0.15) is 51.5 Å². The molecule has 2 rings (SSSR count). The molecule has 5 heteroatoms. The summed E-state index contributed by atoms with van der Waals surface area (Å²) in [5.74, 6) is 1.20. The van der Waals surface area contributed by atoms with E-state index in [1.54, 1.807) is 0 Å². The average Bonchev–Trinajstić information content (AvgIpc) is 3.09. The fraction of sp³-hybridized carbons (Fsp3) is 0.619. The van der Waals surface area contributed by atoms with Crippen molar-refractivity contribution in [1.82, 2.24) is 15.5 Å². The van der Waals surface area contributed by atoms with E-state index in [-0.39, 0.29) is 0 Å². The first kappa shape index (κ1) is 20.3. The number of amides is 1. The molecule has 0 saturated carbocycles. The first-order valence-corrected chi connectivity index (χ1v) is 10.1. The maximum Gasteiger partial charge on any atom is 0.222 e. The topological polar surface area (TPSA) is 56.7 Å². The average molecular weight is 359 g/mol. The SMILES string of the molecule is CCNC(=NCCCc1ccccc1)NCCC(CC)N1CCCC1=O. The second-order valence-electron chi connectivity index (χ2n) is 6.82. The Balaban J connectivity index is 1.73. The Morgan fingerprint density at radius 3 is 2.69 bits per heavy atom. The molecule has 0 aliphatic carbocycles. The summed E-state index contributed by atoms with van der Waals surface area (Å²) in [6.45, 7) is 7.67. The van der Waals surface area contributed by atoms with E-state index in [2.05, 4.69) is 58.6 Å². The van der Waals surface area contributed by atoms with Gasteiger partial charge in [0, 0.05) is 38.6 Å². The molecule has 1 aromatic rings. The zero-order chi connectivity index (χ0) is 18.6. The minimum atomic E-state index is 0.318. The third kappa shape index (κ3) is 6.70. The molecule has 0 bridgehead atoms. The standard InChI is InChI=1S/C21H34N4O/c1-3-19(25-17-9-13-20(25)26)14-16-24-21(22-4-2)23-15-8-12-18-10-6-5-7-11-18/h5-7,10-11,19H,3-4,8-9,12-17H2,1-2H3,(H2,22,23,24). The van der Waals surface area contributed by atoms with Gasteiger partial charge >= 0.3 is 0 Å². The summed E-state index contributed by atoms with van der Waals surface area (Å²) in [5, 5.41) is 6.73. The molecule has 144 valence electrons. The first-order valence-electron chi connectivity index (χ1n) is 10.1. The number of hydrogen-bond acceptors (Lipinski definition) is 2. The molecule has 2 N–H and O–H groups in total. The Bertz CT molecular complexity index is 558. The van der Waals surface area contributed by atoms with Crippen LogP contribution in [0.4, 0.5) is 0 Å². The summed E-state index contributed by atoms with van der Waals surface area (Å²) in [6.07, 6.45) is 5.80. The van der Waals surface area contributed by atoms with Gasteiger partial charge in [0.1, 0.15) is 0 Å². The summed E-state index contributed by atoms with van der Waals surface area (Å²) >= 11 is 0. The van der Waals surface area contributed by atoms with Crippen molar-refractivity contribution in [3.05, 3.63) is 35.9 Å². The number of carbonyl (C=O) groups is 1. The van der Waals surface area contributed by atoms with E-state index in [0.29, 0.717) is 11.9 Å². The molecule has 1 saturated heterocycles. The van der Waals surface area contributed by atoms with Crippen molar-refractivity contribution in [2.45, 2.75) is 58.4 Å². The number of carbonyl (C=O) groups excluding carboxylic acids is 1. The molecule has 1 heterocycles. The first-order chi connectivity index (χ1) is 12.7. The van der Waals surface area contributed by atoms with Crippen LogP contribution in [0.3, 0.4) is 0 Å². The minimum Gasteiger partial charge on any atom is -0.357 e. The molecule has 1 unspecified atom stereocenters. The fourth-order valence-electron chi connectivity index (χ4n) is 3.45. The Morgan fingerprint density at radius 1 is 1.23 bits per heavy atom. The van der Waals surface area contributed by atoms with Gasteiger partial charge < -0.3 is 15.5 Å². The van der Waals surface area contributed by atoms with Crippen molar-refractivity contribution in [2.75, 3.05) is 26.2 Å². The maximum atomic E-state index is 11.9. The Labute approximate surface area is 158 Å². The molecule has 5 nitrogen and oxygen atoms in total. The highest BCUT2D eigenvalue weighted by atomic mass is 16.2. The quantitative estimate of drug-likeness (QED) is 0.384. The summed E-state index contributed by atoms with van der Waals surface area (Å²) in [5.41, 5.74) is 1.36. The molecule has 0 spiro atoms. The van der Waals surface area contributed by atoms with Gasteiger partial charge in [-0.3, -0.25) is 9.79 Å². The molecule has 1 fully saturated rings. The fourth-order valence-corrected chi connectivity index (χ4v) is 3.45. The second kappa shape index (κ2) is 11.6. The van der Waals surface area contributed by atoms with Gasteiger partial charge in [-0.1, -0.05) is 37.3 Å². The van der Waals surface area contributed by atoms with Crippen molar-refractivity contribution in [3.63, 3.8) is 0 Å². The zero-order valence-corrected chi connectivity index (χ0v) is 16.3. The van der Waals surface area contributed by atoms with Gasteiger partial charge in [-0.25, -0.2) is 0 Å². The van der Waals surface area contributed by atoms with E-state index in [1.807, 2.05) is 6.07 Å². The van der Waals surface area contributed by atoms with Crippen molar-refractivity contribution in [3.8, 4) is 0 Å². The predicted octanol–water partition coefficient (Wildman–Crippen LogP) is 2.97. The van der Waals surface area contributed by atoms with Crippen molar-refractivity contribution < 1.29 is 4.79 Å². The molecular formula is C21H34N4O. The number of nitrogens with one attached hydrogen (secondary N) is 2. The van der Waals surface area contributed by atoms with Crippen LogP contribution in [0, 0.1) is 0 Å². The van der Waals surface area contributed by atoms with Crippen molar-refractivity contribution >= 4 is 11.9 Å². The van der Waals surface area contributed by atoms with Crippen LogP contribution < -0.4 is 10.6 Å². The van der Waals surface area contributed by atoms with Gasteiger partial charge in [0.15, 0.2) is 5.96 Å². The molecule has 0 radical (unpaired) electrons. The smallest absolute Gasteiger partial charge is 0.222 e. The molecule has 1 aliphatic rings. The highest BCUT2D eigenvalue weighted by molar-refractivity contribution is 5.80. The third-order valence-electron chi connectivity index (χ3n) is 4.87. The number of guanidine groups is 1. The normalized spacial score (nSPS) is 16.0. The lowest BCUT2D eigenvalue weighted by Crippen LogP contribution is -2.42. The van der Waals surface area contributed by atoms with Crippen molar-refractivity contribution in [2.24, 2.45) is 4.99 Å². The third-order valence-corrected chi connectivity index (χ3v) is 4.87.